The molecule has 0 amide bonds. The molecule has 0 aliphatic rings. The number of rotatable bonds is 3. The molecule has 0 saturated heterocycles. The van der Waals surface area contributed by atoms with Crippen LogP contribution in [0.15, 0.2) is 48.5 Å². The number of alkyl halides is 1. The van der Waals surface area contributed by atoms with Crippen molar-refractivity contribution in [1.82, 2.24) is 0 Å². The maximum Gasteiger partial charge on any atom is 0.0636 e. The number of halogens is 3. The second kappa shape index (κ2) is 6.07. The second-order valence-corrected chi connectivity index (χ2v) is 5.95. The van der Waals surface area contributed by atoms with Crippen molar-refractivity contribution in [3.63, 3.8) is 0 Å². The van der Waals surface area contributed by atoms with Crippen LogP contribution in [0.3, 0.4) is 0 Å². The summed E-state index contributed by atoms with van der Waals surface area (Å²) in [5, 5.41) is 0.696. The normalized spacial score (nSPS) is 12.4. The molecule has 0 aliphatic carbocycles. The maximum absolute atomic E-state index is 6.45. The van der Waals surface area contributed by atoms with Gasteiger partial charge in [-0.1, -0.05) is 41.9 Å². The molecule has 0 aromatic heterocycles. The fourth-order valence-corrected chi connectivity index (χ4v) is 3.12. The van der Waals surface area contributed by atoms with Gasteiger partial charge in [-0.3, -0.25) is 0 Å². The van der Waals surface area contributed by atoms with E-state index in [2.05, 4.69) is 34.7 Å². The van der Waals surface area contributed by atoms with Gasteiger partial charge in [-0.25, -0.2) is 0 Å². The molecule has 17 heavy (non-hydrogen) atoms. The molecule has 0 heterocycles. The summed E-state index contributed by atoms with van der Waals surface area (Å²) in [7, 11) is 0. The SMILES string of the molecule is Clc1ccc(I)c(C(Cl)Cc2ccccc2)c1. The van der Waals surface area contributed by atoms with E-state index in [4.69, 9.17) is 23.2 Å². The fourth-order valence-electron chi connectivity index (χ4n) is 1.69. The zero-order valence-corrected chi connectivity index (χ0v) is 12.7. The highest BCUT2D eigenvalue weighted by Gasteiger charge is 2.12. The van der Waals surface area contributed by atoms with Gasteiger partial charge in [0.15, 0.2) is 0 Å². The van der Waals surface area contributed by atoms with Gasteiger partial charge >= 0.3 is 0 Å². The van der Waals surface area contributed by atoms with E-state index >= 15 is 0 Å². The summed E-state index contributed by atoms with van der Waals surface area (Å²) >= 11 is 14.7. The van der Waals surface area contributed by atoms with E-state index in [1.165, 1.54) is 5.56 Å². The van der Waals surface area contributed by atoms with Crippen LogP contribution in [0.4, 0.5) is 0 Å². The summed E-state index contributed by atoms with van der Waals surface area (Å²) < 4.78 is 1.16. The first-order valence-electron chi connectivity index (χ1n) is 5.30. The van der Waals surface area contributed by atoms with Gasteiger partial charge in [-0.2, -0.15) is 0 Å². The van der Waals surface area contributed by atoms with E-state index in [9.17, 15) is 0 Å². The van der Waals surface area contributed by atoms with Gasteiger partial charge in [0, 0.05) is 8.59 Å². The summed E-state index contributed by atoms with van der Waals surface area (Å²) in [4.78, 5) is 0. The largest absolute Gasteiger partial charge is 0.117 e. The first-order valence-corrected chi connectivity index (χ1v) is 7.19. The van der Waals surface area contributed by atoms with Gasteiger partial charge in [-0.05, 0) is 58.3 Å². The number of hydrogen-bond donors (Lipinski definition) is 0. The van der Waals surface area contributed by atoms with Crippen molar-refractivity contribution in [2.75, 3.05) is 0 Å². The van der Waals surface area contributed by atoms with E-state index in [-0.39, 0.29) is 5.38 Å². The van der Waals surface area contributed by atoms with Crippen LogP contribution in [-0.4, -0.2) is 0 Å². The third-order valence-corrected chi connectivity index (χ3v) is 4.16. The van der Waals surface area contributed by atoms with Crippen LogP contribution < -0.4 is 0 Å². The Labute approximate surface area is 125 Å². The van der Waals surface area contributed by atoms with Gasteiger partial charge in [0.2, 0.25) is 0 Å². The Hall–Kier alpha value is -0.250. The average Bonchev–Trinajstić information content (AvgIpc) is 2.33. The molecule has 1 atom stereocenters. The molecule has 0 fully saturated rings. The molecule has 0 aliphatic heterocycles. The highest BCUT2D eigenvalue weighted by atomic mass is 127. The molecule has 2 aromatic carbocycles. The predicted octanol–water partition coefficient (Wildman–Crippen LogP) is 5.47. The summed E-state index contributed by atoms with van der Waals surface area (Å²) in [6, 6.07) is 16.1. The van der Waals surface area contributed by atoms with Crippen LogP contribution in [0.2, 0.25) is 5.02 Å². The molecule has 0 bridgehead atoms. The van der Waals surface area contributed by atoms with Crippen molar-refractivity contribution in [3.8, 4) is 0 Å². The van der Waals surface area contributed by atoms with E-state index in [1.807, 2.05) is 36.4 Å². The zero-order chi connectivity index (χ0) is 12.3. The van der Waals surface area contributed by atoms with Gasteiger partial charge in [0.05, 0.1) is 5.38 Å². The standard InChI is InChI=1S/C14H11Cl2I/c15-11-6-7-14(17)12(9-11)13(16)8-10-4-2-1-3-5-10/h1-7,9,13H,8H2. The molecule has 0 radical (unpaired) electrons. The minimum Gasteiger partial charge on any atom is -0.117 e. The predicted molar refractivity (Wildman–Crippen MR) is 82.9 cm³/mol. The van der Waals surface area contributed by atoms with Crippen molar-refractivity contribution >= 4 is 45.8 Å². The maximum atomic E-state index is 6.45. The van der Waals surface area contributed by atoms with Gasteiger partial charge in [-0.15, -0.1) is 11.6 Å². The van der Waals surface area contributed by atoms with Crippen molar-refractivity contribution in [3.05, 3.63) is 68.3 Å². The Kier molecular flexibility index (Phi) is 4.71. The second-order valence-electron chi connectivity index (χ2n) is 3.82. The minimum absolute atomic E-state index is 0.0389. The molecular formula is C14H11Cl2I. The summed E-state index contributed by atoms with van der Waals surface area (Å²) in [6.45, 7) is 0. The Bertz CT molecular complexity index is 497. The van der Waals surface area contributed by atoms with Crippen molar-refractivity contribution in [2.24, 2.45) is 0 Å². The number of hydrogen-bond acceptors (Lipinski definition) is 0. The summed E-state index contributed by atoms with van der Waals surface area (Å²) in [5.74, 6) is 0. The molecule has 2 rings (SSSR count). The van der Waals surface area contributed by atoms with Gasteiger partial charge in [0.25, 0.3) is 0 Å². The highest BCUT2D eigenvalue weighted by molar-refractivity contribution is 14.1. The fraction of sp³-hybridized carbons (Fsp3) is 0.143. The average molecular weight is 377 g/mol. The van der Waals surface area contributed by atoms with E-state index < -0.39 is 0 Å². The highest BCUT2D eigenvalue weighted by Crippen LogP contribution is 2.30. The third kappa shape index (κ3) is 3.60. The molecule has 3 heteroatoms. The Morgan fingerprint density at radius 1 is 1.06 bits per heavy atom. The molecule has 1 unspecified atom stereocenters. The van der Waals surface area contributed by atoms with Crippen LogP contribution in [0.1, 0.15) is 16.5 Å². The monoisotopic (exact) mass is 376 g/mol. The lowest BCUT2D eigenvalue weighted by Crippen LogP contribution is -1.98. The molecular weight excluding hydrogens is 366 g/mol. The van der Waals surface area contributed by atoms with Crippen molar-refractivity contribution in [1.29, 1.82) is 0 Å². The lowest BCUT2D eigenvalue weighted by Gasteiger charge is -2.12. The van der Waals surface area contributed by atoms with E-state index in [1.54, 1.807) is 0 Å². The lowest BCUT2D eigenvalue weighted by atomic mass is 10.0. The number of benzene rings is 2. The first-order chi connectivity index (χ1) is 8.16. The molecule has 0 spiro atoms. The van der Waals surface area contributed by atoms with Crippen molar-refractivity contribution in [2.45, 2.75) is 11.8 Å². The van der Waals surface area contributed by atoms with Crippen LogP contribution in [-0.2, 0) is 6.42 Å². The molecule has 0 N–H and O–H groups in total. The lowest BCUT2D eigenvalue weighted by molar-refractivity contribution is 0.914. The molecule has 88 valence electrons. The van der Waals surface area contributed by atoms with Gasteiger partial charge < -0.3 is 0 Å². The zero-order valence-electron chi connectivity index (χ0n) is 9.04. The van der Waals surface area contributed by atoms with Crippen LogP contribution in [0.25, 0.3) is 0 Å². The molecule has 2 aromatic rings. The summed E-state index contributed by atoms with van der Waals surface area (Å²) in [6.07, 6.45) is 0.818. The topological polar surface area (TPSA) is 0 Å². The van der Waals surface area contributed by atoms with Crippen LogP contribution >= 0.6 is 45.8 Å². The molecule has 0 saturated carbocycles. The van der Waals surface area contributed by atoms with Crippen LogP contribution in [0.5, 0.6) is 0 Å². The Morgan fingerprint density at radius 2 is 1.76 bits per heavy atom. The molecule has 0 nitrogen and oxygen atoms in total. The summed E-state index contributed by atoms with van der Waals surface area (Å²) in [5.41, 5.74) is 2.34. The van der Waals surface area contributed by atoms with Crippen molar-refractivity contribution < 1.29 is 0 Å². The van der Waals surface area contributed by atoms with E-state index in [0.29, 0.717) is 0 Å². The third-order valence-electron chi connectivity index (χ3n) is 2.55. The quantitative estimate of drug-likeness (QED) is 0.492. The Morgan fingerprint density at radius 3 is 2.47 bits per heavy atom. The van der Waals surface area contributed by atoms with Gasteiger partial charge in [0.1, 0.15) is 0 Å². The Balaban J connectivity index is 2.20. The first kappa shape index (κ1) is 13.2. The minimum atomic E-state index is -0.0389. The van der Waals surface area contributed by atoms with E-state index in [0.717, 1.165) is 20.6 Å². The smallest absolute Gasteiger partial charge is 0.0636 e. The van der Waals surface area contributed by atoms with Crippen LogP contribution in [0, 0.1) is 3.57 Å².